The summed E-state index contributed by atoms with van der Waals surface area (Å²) in [4.78, 5) is 74.0. The van der Waals surface area contributed by atoms with Crippen molar-refractivity contribution in [2.75, 3.05) is 14.2 Å². The molecule has 10 unspecified atom stereocenters. The highest BCUT2D eigenvalue weighted by Gasteiger charge is 2.53. The van der Waals surface area contributed by atoms with Gasteiger partial charge in [-0.25, -0.2) is 19.6 Å². The lowest BCUT2D eigenvalue weighted by atomic mass is 9.73. The molecule has 2 saturated heterocycles. The van der Waals surface area contributed by atoms with E-state index in [-0.39, 0.29) is 47.8 Å². The summed E-state index contributed by atoms with van der Waals surface area (Å²) in [6.45, 7) is 7.79. The number of likely N-dealkylation sites (tertiary alicyclic amines) is 2. The fourth-order valence-electron chi connectivity index (χ4n) is 13.1. The van der Waals surface area contributed by atoms with E-state index in [1.165, 1.54) is 54.9 Å². The van der Waals surface area contributed by atoms with Crippen LogP contribution in [0.4, 0.5) is 9.59 Å². The van der Waals surface area contributed by atoms with Gasteiger partial charge in [0.05, 0.1) is 49.2 Å². The number of aromatic amines is 2. The van der Waals surface area contributed by atoms with E-state index in [0.717, 1.165) is 84.4 Å². The second kappa shape index (κ2) is 16.9. The Kier molecular flexibility index (Phi) is 10.9. The van der Waals surface area contributed by atoms with Crippen LogP contribution >= 0.6 is 0 Å². The number of aromatic nitrogens is 4. The van der Waals surface area contributed by atoms with Crippen LogP contribution in [0, 0.1) is 29.6 Å². The van der Waals surface area contributed by atoms with Crippen molar-refractivity contribution in [3.8, 4) is 33.5 Å². The normalized spacial score (nSPS) is 26.4. The number of methoxy groups -OCH3 is 2. The Labute approximate surface area is 391 Å². The first-order valence-electron chi connectivity index (χ1n) is 24.6. The van der Waals surface area contributed by atoms with Crippen molar-refractivity contribution in [3.05, 3.63) is 83.6 Å². The molecule has 0 radical (unpaired) electrons. The first kappa shape index (κ1) is 43.4. The third-order valence-corrected chi connectivity index (χ3v) is 16.5. The van der Waals surface area contributed by atoms with Crippen LogP contribution in [-0.4, -0.2) is 92.1 Å². The fourth-order valence-corrected chi connectivity index (χ4v) is 13.1. The van der Waals surface area contributed by atoms with Crippen molar-refractivity contribution in [3.63, 3.8) is 0 Å². The third-order valence-electron chi connectivity index (χ3n) is 16.5. The number of carbonyl (C=O) groups excluding carboxylic acids is 4. The number of nitrogens with one attached hydrogen (secondary N) is 4. The number of piperidine rings is 2. The number of hydrogen-bond donors (Lipinski definition) is 4. The monoisotopic (exact) mass is 906 g/mol. The summed E-state index contributed by atoms with van der Waals surface area (Å²) in [6, 6.07) is 18.5. The summed E-state index contributed by atoms with van der Waals surface area (Å²) < 4.78 is 9.74. The summed E-state index contributed by atoms with van der Waals surface area (Å²) in [5, 5.41) is 5.59. The van der Waals surface area contributed by atoms with Gasteiger partial charge in [0.1, 0.15) is 23.7 Å². The maximum absolute atomic E-state index is 14.2. The third kappa shape index (κ3) is 7.27. The van der Waals surface area contributed by atoms with Gasteiger partial charge in [0, 0.05) is 12.1 Å². The highest BCUT2D eigenvalue weighted by molar-refractivity contribution is 5.89. The Morgan fingerprint density at radius 2 is 1.22 bits per heavy atom. The molecule has 6 aliphatic rings. The van der Waals surface area contributed by atoms with E-state index in [1.807, 2.05) is 43.7 Å². The minimum absolute atomic E-state index is 0.0746. The minimum Gasteiger partial charge on any atom is -0.453 e. The van der Waals surface area contributed by atoms with E-state index in [9.17, 15) is 19.2 Å². The predicted octanol–water partition coefficient (Wildman–Crippen LogP) is 9.20. The molecule has 4 heterocycles. The lowest BCUT2D eigenvalue weighted by molar-refractivity contribution is -0.140. The SMILES string of the molecule is COC(=O)NC(C(=O)N1C2CCC(C2)C1c1ncc(-c2ccc(-c3ccc(-c4ccc5nc(C6C7CCC(C7)N6C(=O)C(NC(=O)OC)C(C)C)[nH]c5c4)c4c3C3CCC3C4)cc2)[nH]1)C(C)C. The molecule has 3 saturated carbocycles. The van der Waals surface area contributed by atoms with Crippen LogP contribution in [0.15, 0.2) is 60.8 Å². The second-order valence-corrected chi connectivity index (χ2v) is 20.9. The summed E-state index contributed by atoms with van der Waals surface area (Å²) in [5.41, 5.74) is 11.6. The molecule has 67 heavy (non-hydrogen) atoms. The molecular weight excluding hydrogens is 845 g/mol. The molecule has 14 nitrogen and oxygen atoms in total. The van der Waals surface area contributed by atoms with Gasteiger partial charge >= 0.3 is 12.2 Å². The highest BCUT2D eigenvalue weighted by atomic mass is 16.5. The zero-order valence-corrected chi connectivity index (χ0v) is 39.3. The number of benzene rings is 3. The van der Waals surface area contributed by atoms with Crippen molar-refractivity contribution in [1.82, 2.24) is 40.4 Å². The number of alkyl carbamates (subject to hydrolysis) is 2. The fraction of sp³-hybridized carbons (Fsp3) is 0.509. The van der Waals surface area contributed by atoms with Crippen LogP contribution in [0.25, 0.3) is 44.5 Å². The van der Waals surface area contributed by atoms with Crippen LogP contribution in [-0.2, 0) is 25.5 Å². The van der Waals surface area contributed by atoms with Crippen LogP contribution in [0.2, 0.25) is 0 Å². The van der Waals surface area contributed by atoms with Crippen LogP contribution in [0.5, 0.6) is 0 Å². The molecule has 10 atom stereocenters. The average Bonchev–Trinajstić information content (AvgIpc) is 4.20. The molecule has 2 aliphatic heterocycles. The van der Waals surface area contributed by atoms with E-state index >= 15 is 0 Å². The van der Waals surface area contributed by atoms with Gasteiger partial charge in [-0.05, 0) is 144 Å². The molecule has 4 N–H and O–H groups in total. The molecule has 5 fully saturated rings. The Balaban J connectivity index is 0.851. The van der Waals surface area contributed by atoms with Crippen LogP contribution in [0.3, 0.4) is 0 Å². The number of imidazole rings is 2. The summed E-state index contributed by atoms with van der Waals surface area (Å²) in [7, 11) is 2.64. The largest absolute Gasteiger partial charge is 0.453 e. The van der Waals surface area contributed by atoms with E-state index in [4.69, 9.17) is 19.4 Å². The molecule has 5 aromatic rings. The maximum Gasteiger partial charge on any atom is 0.407 e. The predicted molar refractivity (Wildman–Crippen MR) is 253 cm³/mol. The average molecular weight is 907 g/mol. The van der Waals surface area contributed by atoms with E-state index in [0.29, 0.717) is 23.7 Å². The number of rotatable bonds is 11. The van der Waals surface area contributed by atoms with Crippen molar-refractivity contribution >= 4 is 35.0 Å². The smallest absolute Gasteiger partial charge is 0.407 e. The maximum atomic E-state index is 14.2. The number of hydrogen-bond acceptors (Lipinski definition) is 8. The Morgan fingerprint density at radius 3 is 1.81 bits per heavy atom. The molecule has 4 bridgehead atoms. The first-order valence-corrected chi connectivity index (χ1v) is 24.6. The van der Waals surface area contributed by atoms with Crippen molar-refractivity contribution < 1.29 is 28.7 Å². The number of nitrogens with zero attached hydrogens (tertiary/aromatic N) is 4. The number of amides is 4. The number of ether oxygens (including phenoxy) is 2. The molecule has 4 amide bonds. The molecule has 2 aromatic heterocycles. The summed E-state index contributed by atoms with van der Waals surface area (Å²) >= 11 is 0. The first-order chi connectivity index (χ1) is 32.4. The van der Waals surface area contributed by atoms with Gasteiger partial charge in [0.15, 0.2) is 0 Å². The van der Waals surface area contributed by atoms with Crippen LogP contribution in [0.1, 0.15) is 120 Å². The van der Waals surface area contributed by atoms with Gasteiger partial charge in [-0.3, -0.25) is 9.59 Å². The molecule has 14 heteroatoms. The van der Waals surface area contributed by atoms with Gasteiger partial charge in [-0.15, -0.1) is 0 Å². The standard InChI is InChI=1S/C53H62N8O6/c1-26(2)44(58-52(64)66-5)50(62)60-34-15-11-32(21-34)46(60)48-54-25-42(57-48)29-9-7-28(8-10-29)37-19-18-36(39-23-30-13-17-38(30)43(37)39)31-14-20-40-41(24-31)56-49(55-40)47-33-12-16-35(22-33)61(47)51(63)45(27(3)4)59-53(65)67-6/h7-10,14,18-20,24-27,30,32-35,38,44-47H,11-13,15-17,21-23H2,1-6H3,(H,54,57)(H,55,56)(H,58,64)(H,59,65). The molecule has 3 aromatic carbocycles. The van der Waals surface area contributed by atoms with Gasteiger partial charge in [0.2, 0.25) is 11.8 Å². The lowest BCUT2D eigenvalue weighted by Crippen LogP contribution is -2.54. The molecular formula is C53H62N8O6. The van der Waals surface area contributed by atoms with Crippen molar-refractivity contribution in [1.29, 1.82) is 0 Å². The molecule has 11 rings (SSSR count). The zero-order chi connectivity index (χ0) is 46.4. The quantitative estimate of drug-likeness (QED) is 0.102. The molecule has 4 aliphatic carbocycles. The van der Waals surface area contributed by atoms with E-state index in [1.54, 1.807) is 0 Å². The van der Waals surface area contributed by atoms with E-state index in [2.05, 4.69) is 75.2 Å². The number of fused-ring (bicyclic) bond motifs is 8. The molecule has 0 spiro atoms. The molecule has 350 valence electrons. The number of H-pyrrole nitrogens is 2. The number of carbonyl (C=O) groups is 4. The Bertz CT molecular complexity index is 2760. The van der Waals surface area contributed by atoms with Gasteiger partial charge in [-0.1, -0.05) is 70.2 Å². The van der Waals surface area contributed by atoms with Crippen LogP contribution < -0.4 is 10.6 Å². The zero-order valence-electron chi connectivity index (χ0n) is 39.3. The second-order valence-electron chi connectivity index (χ2n) is 20.9. The Hall–Kier alpha value is -6.18. The van der Waals surface area contributed by atoms with Gasteiger partial charge in [0.25, 0.3) is 0 Å². The summed E-state index contributed by atoms with van der Waals surface area (Å²) in [5.74, 6) is 3.10. The topological polar surface area (TPSA) is 175 Å². The summed E-state index contributed by atoms with van der Waals surface area (Å²) in [6.07, 6.45) is 10.1. The van der Waals surface area contributed by atoms with Gasteiger partial charge in [-0.2, -0.15) is 0 Å². The van der Waals surface area contributed by atoms with E-state index < -0.39 is 24.3 Å². The highest BCUT2D eigenvalue weighted by Crippen LogP contribution is 2.57. The Morgan fingerprint density at radius 1 is 0.657 bits per heavy atom. The van der Waals surface area contributed by atoms with Crippen molar-refractivity contribution in [2.45, 2.75) is 128 Å². The van der Waals surface area contributed by atoms with Crippen molar-refractivity contribution in [2.24, 2.45) is 29.6 Å². The van der Waals surface area contributed by atoms with Gasteiger partial charge < -0.3 is 39.9 Å². The minimum atomic E-state index is -0.681. The lowest BCUT2D eigenvalue weighted by Gasteiger charge is -2.37.